The van der Waals surface area contributed by atoms with Crippen LogP contribution >= 0.6 is 0 Å². The maximum Gasteiger partial charge on any atom is 0.153 e. The summed E-state index contributed by atoms with van der Waals surface area (Å²) in [5, 5.41) is 9.24. The van der Waals surface area contributed by atoms with E-state index in [4.69, 9.17) is 0 Å². The summed E-state index contributed by atoms with van der Waals surface area (Å²) in [4.78, 5) is 12.5. The van der Waals surface area contributed by atoms with E-state index in [0.717, 1.165) is 31.1 Å². The van der Waals surface area contributed by atoms with Gasteiger partial charge in [-0.3, -0.25) is 4.79 Å². The lowest BCUT2D eigenvalue weighted by Gasteiger charge is -2.39. The predicted molar refractivity (Wildman–Crippen MR) is 76.4 cm³/mol. The molecule has 4 atom stereocenters. The highest BCUT2D eigenvalue weighted by Crippen LogP contribution is 2.43. The Kier molecular flexibility index (Phi) is 5.02. The van der Waals surface area contributed by atoms with E-state index in [1.165, 1.54) is 32.1 Å². The highest BCUT2D eigenvalue weighted by molar-refractivity contribution is 5.85. The molecule has 2 fully saturated rings. The van der Waals surface area contributed by atoms with Gasteiger partial charge in [0.15, 0.2) is 5.78 Å². The molecule has 0 aromatic rings. The van der Waals surface area contributed by atoms with E-state index in [-0.39, 0.29) is 17.6 Å². The minimum atomic E-state index is -0.356. The number of carbonyl (C=O) groups is 1. The predicted octanol–water partition coefficient (Wildman–Crippen LogP) is 4.35. The quantitative estimate of drug-likeness (QED) is 0.755. The zero-order valence-electron chi connectivity index (χ0n) is 12.4. The molecule has 0 amide bonds. The van der Waals surface area contributed by atoms with Crippen molar-refractivity contribution in [2.45, 2.75) is 65.2 Å². The van der Waals surface area contributed by atoms with Crippen LogP contribution in [0.25, 0.3) is 0 Å². The fourth-order valence-electron chi connectivity index (χ4n) is 4.12. The van der Waals surface area contributed by atoms with Crippen LogP contribution in [0.4, 0.5) is 0 Å². The number of nitriles is 1. The Labute approximate surface area is 117 Å². The van der Waals surface area contributed by atoms with Crippen LogP contribution < -0.4 is 0 Å². The first-order chi connectivity index (χ1) is 9.11. The summed E-state index contributed by atoms with van der Waals surface area (Å²) in [6, 6.07) is 2.25. The van der Waals surface area contributed by atoms with Crippen LogP contribution in [0.3, 0.4) is 0 Å². The van der Waals surface area contributed by atoms with Crippen molar-refractivity contribution < 1.29 is 4.79 Å². The molecule has 0 saturated heterocycles. The number of ketones is 1. The van der Waals surface area contributed by atoms with Gasteiger partial charge in [-0.15, -0.1) is 0 Å². The number of hydrogen-bond donors (Lipinski definition) is 0. The molecule has 2 rings (SSSR count). The molecule has 0 bridgehead atoms. The highest BCUT2D eigenvalue weighted by atomic mass is 16.1. The molecule has 106 valence electrons. The molecule has 0 spiro atoms. The number of nitrogens with zero attached hydrogens (tertiary/aromatic N) is 1. The second-order valence-corrected chi connectivity index (χ2v) is 7.03. The van der Waals surface area contributed by atoms with E-state index in [9.17, 15) is 10.1 Å². The van der Waals surface area contributed by atoms with Crippen molar-refractivity contribution in [1.82, 2.24) is 0 Å². The van der Waals surface area contributed by atoms with Crippen molar-refractivity contribution in [3.8, 4) is 6.07 Å². The van der Waals surface area contributed by atoms with Crippen molar-refractivity contribution in [3.05, 3.63) is 0 Å². The molecule has 2 nitrogen and oxygen atoms in total. The van der Waals surface area contributed by atoms with Crippen LogP contribution in [0.5, 0.6) is 0 Å². The SMILES string of the molecule is CC(C)CC(C#N)C(=O)C1CCC2CCCCC2C1. The van der Waals surface area contributed by atoms with Gasteiger partial charge in [0.05, 0.1) is 6.07 Å². The summed E-state index contributed by atoms with van der Waals surface area (Å²) >= 11 is 0. The lowest BCUT2D eigenvalue weighted by atomic mass is 9.65. The van der Waals surface area contributed by atoms with Gasteiger partial charge in [0.25, 0.3) is 0 Å². The van der Waals surface area contributed by atoms with Gasteiger partial charge in [-0.1, -0.05) is 39.5 Å². The molecule has 0 aromatic heterocycles. The minimum Gasteiger partial charge on any atom is -0.298 e. The molecule has 2 aliphatic rings. The molecule has 19 heavy (non-hydrogen) atoms. The Balaban J connectivity index is 1.94. The number of Topliss-reactive ketones (excluding diaryl/α,β-unsaturated/α-hetero) is 1. The monoisotopic (exact) mass is 261 g/mol. The van der Waals surface area contributed by atoms with Gasteiger partial charge in [-0.05, 0) is 43.4 Å². The molecule has 0 N–H and O–H groups in total. The van der Waals surface area contributed by atoms with Gasteiger partial charge >= 0.3 is 0 Å². The van der Waals surface area contributed by atoms with Crippen molar-refractivity contribution in [1.29, 1.82) is 5.26 Å². The summed E-state index contributed by atoms with van der Waals surface area (Å²) in [7, 11) is 0. The van der Waals surface area contributed by atoms with E-state index >= 15 is 0 Å². The van der Waals surface area contributed by atoms with Crippen LogP contribution in [-0.4, -0.2) is 5.78 Å². The van der Waals surface area contributed by atoms with Crippen LogP contribution in [0.2, 0.25) is 0 Å². The van der Waals surface area contributed by atoms with Gasteiger partial charge in [0.1, 0.15) is 5.92 Å². The van der Waals surface area contributed by atoms with Gasteiger partial charge in [-0.25, -0.2) is 0 Å². The summed E-state index contributed by atoms with van der Waals surface area (Å²) < 4.78 is 0. The van der Waals surface area contributed by atoms with Crippen LogP contribution in [0.15, 0.2) is 0 Å². The summed E-state index contributed by atoms with van der Waals surface area (Å²) in [5.74, 6) is 2.16. The van der Waals surface area contributed by atoms with E-state index in [0.29, 0.717) is 5.92 Å². The van der Waals surface area contributed by atoms with Gasteiger partial charge in [0.2, 0.25) is 0 Å². The van der Waals surface area contributed by atoms with Crippen molar-refractivity contribution >= 4 is 5.78 Å². The Morgan fingerprint density at radius 3 is 2.47 bits per heavy atom. The minimum absolute atomic E-state index is 0.183. The molecule has 2 saturated carbocycles. The largest absolute Gasteiger partial charge is 0.298 e. The fraction of sp³-hybridized carbons (Fsp3) is 0.882. The van der Waals surface area contributed by atoms with Gasteiger partial charge in [0, 0.05) is 5.92 Å². The first-order valence-electron chi connectivity index (χ1n) is 8.05. The molecule has 2 heteroatoms. The summed E-state index contributed by atoms with van der Waals surface area (Å²) in [5.41, 5.74) is 0. The smallest absolute Gasteiger partial charge is 0.153 e. The Morgan fingerprint density at radius 1 is 1.16 bits per heavy atom. The molecule has 0 heterocycles. The van der Waals surface area contributed by atoms with Crippen LogP contribution in [0.1, 0.15) is 65.2 Å². The normalized spacial score (nSPS) is 32.4. The Morgan fingerprint density at radius 2 is 1.84 bits per heavy atom. The van der Waals surface area contributed by atoms with E-state index in [1.807, 2.05) is 0 Å². The maximum absolute atomic E-state index is 12.5. The van der Waals surface area contributed by atoms with Crippen molar-refractivity contribution in [2.24, 2.45) is 29.6 Å². The second-order valence-electron chi connectivity index (χ2n) is 7.03. The number of rotatable bonds is 4. The molecular weight excluding hydrogens is 234 g/mol. The standard InChI is InChI=1S/C17H27NO/c1-12(2)9-16(11-18)17(19)15-8-7-13-5-3-4-6-14(13)10-15/h12-16H,3-10H2,1-2H3. The lowest BCUT2D eigenvalue weighted by molar-refractivity contribution is -0.127. The molecule has 4 unspecified atom stereocenters. The summed E-state index contributed by atoms with van der Waals surface area (Å²) in [6.45, 7) is 4.19. The Hall–Kier alpha value is -0.840. The lowest BCUT2D eigenvalue weighted by Crippen LogP contribution is -2.34. The second kappa shape index (κ2) is 6.55. The average molecular weight is 261 g/mol. The first kappa shape index (κ1) is 14.6. The number of hydrogen-bond acceptors (Lipinski definition) is 2. The average Bonchev–Trinajstić information content (AvgIpc) is 2.43. The van der Waals surface area contributed by atoms with Gasteiger partial charge < -0.3 is 0 Å². The zero-order chi connectivity index (χ0) is 13.8. The van der Waals surface area contributed by atoms with Crippen molar-refractivity contribution in [2.75, 3.05) is 0 Å². The topological polar surface area (TPSA) is 40.9 Å². The third-order valence-corrected chi connectivity index (χ3v) is 5.15. The Bertz CT molecular complexity index is 355. The van der Waals surface area contributed by atoms with Gasteiger partial charge in [-0.2, -0.15) is 5.26 Å². The number of fused-ring (bicyclic) bond motifs is 1. The molecule has 2 aliphatic carbocycles. The van der Waals surface area contributed by atoms with Crippen LogP contribution in [-0.2, 0) is 4.79 Å². The summed E-state index contributed by atoms with van der Waals surface area (Å²) in [6.07, 6.45) is 9.48. The molecular formula is C17H27NO. The van der Waals surface area contributed by atoms with E-state index < -0.39 is 0 Å². The fourth-order valence-corrected chi connectivity index (χ4v) is 4.12. The first-order valence-corrected chi connectivity index (χ1v) is 8.05. The molecule has 0 aromatic carbocycles. The van der Waals surface area contributed by atoms with Crippen LogP contribution in [0, 0.1) is 40.9 Å². The third-order valence-electron chi connectivity index (χ3n) is 5.15. The number of carbonyl (C=O) groups excluding carboxylic acids is 1. The molecule has 0 radical (unpaired) electrons. The van der Waals surface area contributed by atoms with E-state index in [1.54, 1.807) is 0 Å². The maximum atomic E-state index is 12.5. The van der Waals surface area contributed by atoms with E-state index in [2.05, 4.69) is 19.9 Å². The molecule has 0 aliphatic heterocycles. The third kappa shape index (κ3) is 3.59. The zero-order valence-corrected chi connectivity index (χ0v) is 12.4. The van der Waals surface area contributed by atoms with Crippen molar-refractivity contribution in [3.63, 3.8) is 0 Å². The highest BCUT2D eigenvalue weighted by Gasteiger charge is 2.37.